The number of aldehydes is 1. The molecule has 0 aromatic heterocycles. The zero-order valence-corrected chi connectivity index (χ0v) is 8.46. The zero-order valence-electron chi connectivity index (χ0n) is 6.94. The lowest BCUT2D eigenvalue weighted by molar-refractivity contribution is -0.143. The van der Waals surface area contributed by atoms with Gasteiger partial charge in [0.15, 0.2) is 6.29 Å². The Kier molecular flexibility index (Phi) is 3.97. The summed E-state index contributed by atoms with van der Waals surface area (Å²) in [6, 6.07) is 0. The number of Topliss-reactive ketones (excluding diaryl/α,β-unsaturated/α-hetero) is 2. The van der Waals surface area contributed by atoms with Crippen LogP contribution in [0.15, 0.2) is 0 Å². The van der Waals surface area contributed by atoms with Crippen molar-refractivity contribution >= 4 is 41.4 Å². The lowest BCUT2D eigenvalue weighted by Crippen LogP contribution is -2.58. The van der Waals surface area contributed by atoms with E-state index in [2.05, 4.69) is 5.32 Å². The average Bonchev–Trinajstić information content (AvgIpc) is 2.15. The fraction of sp³-hybridized carbons (Fsp3) is 0.500. The quantitative estimate of drug-likeness (QED) is 0.298. The number of carbonyl (C=O) groups is 3. The third-order valence-corrected chi connectivity index (χ3v) is 2.15. The Bertz CT molecular complexity index is 273. The molecule has 0 aromatic carbocycles. The molecule has 1 N–H and O–H groups in total. The minimum absolute atomic E-state index is 0.0399. The van der Waals surface area contributed by atoms with E-state index in [0.717, 1.165) is 4.42 Å². The first kappa shape index (κ1) is 11.5. The molecule has 1 unspecified atom stereocenters. The van der Waals surface area contributed by atoms with Gasteiger partial charge in [-0.15, -0.1) is 0 Å². The van der Waals surface area contributed by atoms with Gasteiger partial charge in [-0.05, 0) is 23.6 Å². The number of hydrogen-bond donors (Lipinski definition) is 1. The zero-order chi connectivity index (χ0) is 10.7. The van der Waals surface area contributed by atoms with Crippen LogP contribution in [0.1, 0.15) is 0 Å². The van der Waals surface area contributed by atoms with Gasteiger partial charge in [0.2, 0.25) is 5.78 Å². The summed E-state index contributed by atoms with van der Waals surface area (Å²) in [4.78, 5) is 32.0. The van der Waals surface area contributed by atoms with E-state index in [0.29, 0.717) is 0 Å². The summed E-state index contributed by atoms with van der Waals surface area (Å²) in [6.45, 7) is 0.311. The monoisotopic (exact) mass is 239 g/mol. The van der Waals surface area contributed by atoms with E-state index in [9.17, 15) is 14.4 Å². The van der Waals surface area contributed by atoms with Crippen LogP contribution in [0.2, 0.25) is 0 Å². The molecule has 1 saturated heterocycles. The molecule has 0 bridgehead atoms. The van der Waals surface area contributed by atoms with E-state index >= 15 is 0 Å². The van der Waals surface area contributed by atoms with Gasteiger partial charge in [0.1, 0.15) is 6.17 Å². The van der Waals surface area contributed by atoms with Crippen LogP contribution in [0.25, 0.3) is 0 Å². The van der Waals surface area contributed by atoms with Crippen LogP contribution in [-0.2, 0) is 14.4 Å². The molecule has 0 aliphatic carbocycles. The van der Waals surface area contributed by atoms with E-state index < -0.39 is 17.7 Å². The predicted octanol–water partition coefficient (Wildman–Crippen LogP) is -0.921. The molecule has 78 valence electrons. The van der Waals surface area contributed by atoms with Crippen molar-refractivity contribution in [2.75, 3.05) is 13.3 Å². The molecule has 0 saturated carbocycles. The van der Waals surface area contributed by atoms with Crippen molar-refractivity contribution < 1.29 is 14.4 Å². The lowest BCUT2D eigenvalue weighted by atomic mass is 10.2. The Morgan fingerprint density at radius 1 is 1.43 bits per heavy atom. The van der Waals surface area contributed by atoms with Gasteiger partial charge in [0.05, 0.1) is 13.3 Å². The van der Waals surface area contributed by atoms with E-state index in [1.807, 2.05) is 0 Å². The average molecular weight is 240 g/mol. The number of nitrogens with one attached hydrogen (secondary N) is 1. The molecule has 1 atom stereocenters. The largest absolute Gasteiger partial charge is 0.294 e. The van der Waals surface area contributed by atoms with Crippen molar-refractivity contribution in [3.63, 3.8) is 0 Å². The number of carbonyl (C=O) groups excluding carboxylic acids is 3. The van der Waals surface area contributed by atoms with Crippen molar-refractivity contribution in [3.8, 4) is 0 Å². The Labute approximate surface area is 89.9 Å². The van der Waals surface area contributed by atoms with Gasteiger partial charge in [0.25, 0.3) is 5.78 Å². The molecule has 14 heavy (non-hydrogen) atoms. The highest BCUT2D eigenvalue weighted by molar-refractivity contribution is 6.59. The van der Waals surface area contributed by atoms with Crippen LogP contribution < -0.4 is 5.32 Å². The van der Waals surface area contributed by atoms with Crippen molar-refractivity contribution in [1.29, 1.82) is 0 Å². The van der Waals surface area contributed by atoms with Gasteiger partial charge < -0.3 is 0 Å². The van der Waals surface area contributed by atoms with Gasteiger partial charge >= 0.3 is 0 Å². The molecule has 0 amide bonds. The predicted molar refractivity (Wildman–Crippen MR) is 48.1 cm³/mol. The fourth-order valence-electron chi connectivity index (χ4n) is 0.976. The molecular weight excluding hydrogens is 233 g/mol. The Morgan fingerprint density at radius 3 is 2.57 bits per heavy atom. The van der Waals surface area contributed by atoms with Gasteiger partial charge in [-0.1, -0.05) is 0 Å². The lowest BCUT2D eigenvalue weighted by Gasteiger charge is -2.32. The standard InChI is InChI=1S/C6H7Cl2N3O3/c7-10-2-9-6(11(8)3-10)5(14)4(13)1-12/h1,6,9H,2-3H2. The highest BCUT2D eigenvalue weighted by Gasteiger charge is 2.33. The molecule has 0 radical (unpaired) electrons. The second kappa shape index (κ2) is 4.81. The van der Waals surface area contributed by atoms with Crippen LogP contribution in [0.4, 0.5) is 0 Å². The SMILES string of the molecule is O=CC(=O)C(=O)C1NCN(Cl)CN1Cl. The second-order valence-corrected chi connectivity index (χ2v) is 3.53. The molecule has 6 nitrogen and oxygen atoms in total. The Balaban J connectivity index is 2.64. The second-order valence-electron chi connectivity index (χ2n) is 2.61. The van der Waals surface area contributed by atoms with Gasteiger partial charge in [-0.25, -0.2) is 0 Å². The number of rotatable bonds is 3. The van der Waals surface area contributed by atoms with Crippen LogP contribution in [0.3, 0.4) is 0 Å². The summed E-state index contributed by atoms with van der Waals surface area (Å²) in [5, 5.41) is 2.59. The minimum atomic E-state index is -1.11. The normalized spacial score (nSPS) is 24.6. The van der Waals surface area contributed by atoms with E-state index in [4.69, 9.17) is 23.6 Å². The van der Waals surface area contributed by atoms with Crippen LogP contribution in [0.5, 0.6) is 0 Å². The van der Waals surface area contributed by atoms with E-state index in [1.54, 1.807) is 0 Å². The maximum Gasteiger partial charge on any atom is 0.264 e. The van der Waals surface area contributed by atoms with Crippen LogP contribution >= 0.6 is 23.6 Å². The van der Waals surface area contributed by atoms with Gasteiger partial charge in [-0.2, -0.15) is 8.84 Å². The molecule has 1 rings (SSSR count). The molecule has 0 aromatic rings. The maximum absolute atomic E-state index is 11.2. The third-order valence-electron chi connectivity index (χ3n) is 1.62. The van der Waals surface area contributed by atoms with Crippen LogP contribution in [-0.4, -0.2) is 46.2 Å². The first-order valence-electron chi connectivity index (χ1n) is 3.66. The summed E-state index contributed by atoms with van der Waals surface area (Å²) in [6.07, 6.45) is -1.04. The summed E-state index contributed by atoms with van der Waals surface area (Å²) < 4.78 is 2.29. The fourth-order valence-corrected chi connectivity index (χ4v) is 1.50. The smallest absolute Gasteiger partial charge is 0.264 e. The summed E-state index contributed by atoms with van der Waals surface area (Å²) in [7, 11) is 0. The first-order chi connectivity index (χ1) is 6.56. The van der Waals surface area contributed by atoms with Gasteiger partial charge in [0, 0.05) is 0 Å². The molecule has 1 aliphatic heterocycles. The Hall–Kier alpha value is -0.530. The number of nitrogens with zero attached hydrogens (tertiary/aromatic N) is 2. The third kappa shape index (κ3) is 2.49. The summed E-state index contributed by atoms with van der Waals surface area (Å²) >= 11 is 11.2. The van der Waals surface area contributed by atoms with Gasteiger partial charge in [-0.3, -0.25) is 19.7 Å². The maximum atomic E-state index is 11.2. The molecule has 8 heteroatoms. The summed E-state index contributed by atoms with van der Waals surface area (Å²) in [5.41, 5.74) is 0. The van der Waals surface area contributed by atoms with Crippen molar-refractivity contribution in [3.05, 3.63) is 0 Å². The van der Waals surface area contributed by atoms with E-state index in [-0.39, 0.29) is 19.6 Å². The highest BCUT2D eigenvalue weighted by atomic mass is 35.5. The molecule has 1 aliphatic rings. The molecule has 1 fully saturated rings. The van der Waals surface area contributed by atoms with Crippen molar-refractivity contribution in [1.82, 2.24) is 14.2 Å². The summed E-state index contributed by atoms with van der Waals surface area (Å²) in [5.74, 6) is -2.00. The molecule has 1 heterocycles. The minimum Gasteiger partial charge on any atom is -0.294 e. The number of halogens is 2. The topological polar surface area (TPSA) is 69.7 Å². The van der Waals surface area contributed by atoms with E-state index in [1.165, 1.54) is 4.42 Å². The molecular formula is C6H7Cl2N3O3. The first-order valence-corrected chi connectivity index (χ1v) is 4.33. The highest BCUT2D eigenvalue weighted by Crippen LogP contribution is 2.10. The van der Waals surface area contributed by atoms with Crippen molar-refractivity contribution in [2.45, 2.75) is 6.17 Å². The number of hydrogen-bond acceptors (Lipinski definition) is 6. The molecule has 0 spiro atoms. The van der Waals surface area contributed by atoms with Crippen LogP contribution in [0, 0.1) is 0 Å². The Morgan fingerprint density at radius 2 is 2.07 bits per heavy atom. The number of ketones is 2. The van der Waals surface area contributed by atoms with Crippen molar-refractivity contribution in [2.24, 2.45) is 0 Å².